The zero-order valence-corrected chi connectivity index (χ0v) is 12.3. The Balaban J connectivity index is 0.000000982. The quantitative estimate of drug-likeness (QED) is 0.679. The summed E-state index contributed by atoms with van der Waals surface area (Å²) in [4.78, 5) is 30.7. The van der Waals surface area contributed by atoms with Gasteiger partial charge in [-0.05, 0) is 32.6 Å². The lowest BCUT2D eigenvalue weighted by Crippen LogP contribution is -2.13. The summed E-state index contributed by atoms with van der Waals surface area (Å²) in [5.74, 6) is -1.02. The van der Waals surface area contributed by atoms with Gasteiger partial charge in [-0.1, -0.05) is 12.1 Å². The summed E-state index contributed by atoms with van der Waals surface area (Å²) in [5, 5.41) is 0. The van der Waals surface area contributed by atoms with E-state index in [1.165, 1.54) is 0 Å². The second-order valence-corrected chi connectivity index (χ2v) is 3.66. The van der Waals surface area contributed by atoms with Crippen molar-refractivity contribution >= 4 is 20.7 Å². The number of rotatable bonds is 4. The maximum Gasteiger partial charge on any atom is 0.338 e. The number of carbonyl (C=O) groups is 2. The molecular formula is C13H19O5P. The van der Waals surface area contributed by atoms with Crippen molar-refractivity contribution in [3.8, 4) is 0 Å². The van der Waals surface area contributed by atoms with Crippen molar-refractivity contribution in [2.24, 2.45) is 0 Å². The van der Waals surface area contributed by atoms with Gasteiger partial charge in [-0.2, -0.15) is 0 Å². The molecule has 1 N–H and O–H groups in total. The molecule has 0 aliphatic carbocycles. The molecule has 0 radical (unpaired) electrons. The van der Waals surface area contributed by atoms with Crippen molar-refractivity contribution in [3.05, 3.63) is 35.4 Å². The maximum absolute atomic E-state index is 11.5. The predicted octanol–water partition coefficient (Wildman–Crippen LogP) is 2.24. The van der Waals surface area contributed by atoms with E-state index in [0.29, 0.717) is 0 Å². The molecule has 0 fully saturated rings. The number of hydrogen-bond donors (Lipinski definition) is 1. The van der Waals surface area contributed by atoms with E-state index in [2.05, 4.69) is 0 Å². The van der Waals surface area contributed by atoms with Crippen LogP contribution < -0.4 is 0 Å². The molecule has 1 unspecified atom stereocenters. The van der Waals surface area contributed by atoms with E-state index in [1.54, 1.807) is 44.8 Å². The minimum Gasteiger partial charge on any atom is -0.462 e. The summed E-state index contributed by atoms with van der Waals surface area (Å²) in [7, 11) is 0.0833. The highest BCUT2D eigenvalue weighted by atomic mass is 31.1. The van der Waals surface area contributed by atoms with Crippen LogP contribution in [0, 0.1) is 0 Å². The Morgan fingerprint density at radius 2 is 1.37 bits per heavy atom. The van der Waals surface area contributed by atoms with Gasteiger partial charge in [-0.15, -0.1) is 0 Å². The summed E-state index contributed by atoms with van der Waals surface area (Å²) in [6.45, 7) is 5.68. The first kappa shape index (κ1) is 17.6. The average molecular weight is 286 g/mol. The van der Waals surface area contributed by atoms with Crippen LogP contribution in [-0.4, -0.2) is 36.7 Å². The lowest BCUT2D eigenvalue weighted by Gasteiger charge is -2.07. The molecule has 0 saturated carbocycles. The summed E-state index contributed by atoms with van der Waals surface area (Å²) < 4.78 is 9.70. The fraction of sp³-hybridized carbons (Fsp3) is 0.385. The molecule has 1 aromatic rings. The minimum absolute atomic E-state index is 0.0833. The average Bonchev–Trinajstić information content (AvgIpc) is 2.40. The van der Waals surface area contributed by atoms with E-state index in [9.17, 15) is 9.59 Å². The highest BCUT2D eigenvalue weighted by molar-refractivity contribution is 7.29. The van der Waals surface area contributed by atoms with Gasteiger partial charge in [-0.25, -0.2) is 9.59 Å². The standard InChI is InChI=1S/C12H14O4.CH5OP/c1-3-15-11(13)9-7-5-6-8-10(9)12(14)16-4-2;1-3-2/h5-8H,3-4H2,1-2H3;2-3H,1H3. The smallest absolute Gasteiger partial charge is 0.338 e. The Kier molecular flexibility index (Phi) is 9.67. The first-order chi connectivity index (χ1) is 9.12. The molecule has 0 bridgehead atoms. The van der Waals surface area contributed by atoms with Crippen molar-refractivity contribution in [1.29, 1.82) is 0 Å². The summed E-state index contributed by atoms with van der Waals surface area (Å²) >= 11 is 0. The van der Waals surface area contributed by atoms with Gasteiger partial charge in [0, 0.05) is 8.81 Å². The van der Waals surface area contributed by atoms with Gasteiger partial charge in [0.05, 0.1) is 24.3 Å². The topological polar surface area (TPSA) is 72.8 Å². The molecule has 1 rings (SSSR count). The van der Waals surface area contributed by atoms with Crippen LogP contribution >= 0.6 is 8.81 Å². The molecule has 1 atom stereocenters. The molecule has 106 valence electrons. The summed E-state index contributed by atoms with van der Waals surface area (Å²) in [6, 6.07) is 6.44. The molecule has 6 heteroatoms. The molecule has 0 saturated heterocycles. The number of benzene rings is 1. The van der Waals surface area contributed by atoms with Gasteiger partial charge in [0.2, 0.25) is 0 Å². The highest BCUT2D eigenvalue weighted by Crippen LogP contribution is 2.11. The highest BCUT2D eigenvalue weighted by Gasteiger charge is 2.17. The Bertz CT molecular complexity index is 369. The maximum atomic E-state index is 11.5. The second kappa shape index (κ2) is 10.5. The number of hydrogen-bond acceptors (Lipinski definition) is 5. The van der Waals surface area contributed by atoms with E-state index >= 15 is 0 Å². The van der Waals surface area contributed by atoms with Crippen molar-refractivity contribution in [2.75, 3.05) is 19.9 Å². The SMILES string of the molecule is CCOC(=O)c1ccccc1C(=O)OCC.CPO. The van der Waals surface area contributed by atoms with Crippen LogP contribution in [0.1, 0.15) is 34.6 Å². The Morgan fingerprint density at radius 3 is 1.63 bits per heavy atom. The molecule has 0 aromatic heterocycles. The Labute approximate surface area is 114 Å². The van der Waals surface area contributed by atoms with Crippen LogP contribution in [0.25, 0.3) is 0 Å². The third-order valence-corrected chi connectivity index (χ3v) is 1.92. The normalized spacial score (nSPS) is 9.68. The van der Waals surface area contributed by atoms with Gasteiger partial charge in [0.25, 0.3) is 0 Å². The van der Waals surface area contributed by atoms with Crippen LogP contribution in [0.15, 0.2) is 24.3 Å². The fourth-order valence-corrected chi connectivity index (χ4v) is 1.26. The monoisotopic (exact) mass is 286 g/mol. The second-order valence-electron chi connectivity index (χ2n) is 3.21. The summed E-state index contributed by atoms with van der Waals surface area (Å²) in [6.07, 6.45) is 0. The first-order valence-corrected chi connectivity index (χ1v) is 7.31. The minimum atomic E-state index is -0.508. The van der Waals surface area contributed by atoms with Gasteiger partial charge < -0.3 is 14.4 Å². The number of ether oxygens (including phenoxy) is 2. The lowest BCUT2D eigenvalue weighted by molar-refractivity contribution is 0.0479. The predicted molar refractivity (Wildman–Crippen MR) is 74.8 cm³/mol. The number of esters is 2. The fourth-order valence-electron chi connectivity index (χ4n) is 1.26. The van der Waals surface area contributed by atoms with E-state index in [-0.39, 0.29) is 33.1 Å². The Morgan fingerprint density at radius 1 is 1.05 bits per heavy atom. The summed E-state index contributed by atoms with van der Waals surface area (Å²) in [5.41, 5.74) is 0.477. The van der Waals surface area contributed by atoms with Crippen molar-refractivity contribution < 1.29 is 24.0 Å². The van der Waals surface area contributed by atoms with Crippen LogP contribution in [0.5, 0.6) is 0 Å². The van der Waals surface area contributed by atoms with E-state index in [1.807, 2.05) is 0 Å². The van der Waals surface area contributed by atoms with Crippen molar-refractivity contribution in [1.82, 2.24) is 0 Å². The van der Waals surface area contributed by atoms with E-state index in [4.69, 9.17) is 14.4 Å². The third kappa shape index (κ3) is 6.32. The van der Waals surface area contributed by atoms with E-state index < -0.39 is 11.9 Å². The zero-order chi connectivity index (χ0) is 14.7. The lowest BCUT2D eigenvalue weighted by atomic mass is 10.1. The van der Waals surface area contributed by atoms with Crippen LogP contribution in [0.3, 0.4) is 0 Å². The molecule has 0 amide bonds. The number of carbonyl (C=O) groups excluding carboxylic acids is 2. The molecule has 0 spiro atoms. The van der Waals surface area contributed by atoms with Crippen LogP contribution in [0.4, 0.5) is 0 Å². The largest absolute Gasteiger partial charge is 0.462 e. The van der Waals surface area contributed by atoms with Gasteiger partial charge in [-0.3, -0.25) is 0 Å². The first-order valence-electron chi connectivity index (χ1n) is 5.86. The molecule has 5 nitrogen and oxygen atoms in total. The molecular weight excluding hydrogens is 267 g/mol. The van der Waals surface area contributed by atoms with Crippen LogP contribution in [-0.2, 0) is 9.47 Å². The van der Waals surface area contributed by atoms with E-state index in [0.717, 1.165) is 0 Å². The van der Waals surface area contributed by atoms with Gasteiger partial charge in [0.1, 0.15) is 0 Å². The molecule has 0 aliphatic heterocycles. The van der Waals surface area contributed by atoms with Crippen molar-refractivity contribution in [3.63, 3.8) is 0 Å². The van der Waals surface area contributed by atoms with Gasteiger partial charge in [0.15, 0.2) is 0 Å². The third-order valence-electron chi connectivity index (χ3n) is 1.92. The van der Waals surface area contributed by atoms with Crippen molar-refractivity contribution in [2.45, 2.75) is 13.8 Å². The molecule has 0 aliphatic rings. The van der Waals surface area contributed by atoms with Gasteiger partial charge >= 0.3 is 11.9 Å². The molecule has 0 heterocycles. The molecule has 19 heavy (non-hydrogen) atoms. The zero-order valence-electron chi connectivity index (χ0n) is 11.3. The molecule has 1 aromatic carbocycles. The Hall–Kier alpha value is -1.45. The van der Waals surface area contributed by atoms with Crippen LogP contribution in [0.2, 0.25) is 0 Å².